The van der Waals surface area contributed by atoms with Crippen molar-refractivity contribution in [1.82, 2.24) is 4.98 Å². The summed E-state index contributed by atoms with van der Waals surface area (Å²) in [6, 6.07) is 6.60. The SMILES string of the molecule is Fc1cc(F)c(NCc2c[nH]c3cc(Cl)ccc23)c(F)c1. The molecular weight excluding hydrogens is 301 g/mol. The predicted octanol–water partition coefficient (Wildman–Crippen LogP) is 4.85. The Kier molecular flexibility index (Phi) is 3.51. The van der Waals surface area contributed by atoms with Crippen LogP contribution in [-0.2, 0) is 6.54 Å². The van der Waals surface area contributed by atoms with Crippen molar-refractivity contribution in [3.63, 3.8) is 0 Å². The maximum absolute atomic E-state index is 13.5. The zero-order valence-corrected chi connectivity index (χ0v) is 11.4. The van der Waals surface area contributed by atoms with Crippen LogP contribution >= 0.6 is 11.6 Å². The molecule has 0 aliphatic carbocycles. The van der Waals surface area contributed by atoms with E-state index in [1.165, 1.54) is 0 Å². The van der Waals surface area contributed by atoms with E-state index in [9.17, 15) is 13.2 Å². The lowest BCUT2D eigenvalue weighted by molar-refractivity contribution is 0.547. The summed E-state index contributed by atoms with van der Waals surface area (Å²) in [7, 11) is 0. The summed E-state index contributed by atoms with van der Waals surface area (Å²) in [5.74, 6) is -2.87. The molecule has 3 aromatic rings. The van der Waals surface area contributed by atoms with Gasteiger partial charge in [0.1, 0.15) is 11.5 Å². The van der Waals surface area contributed by atoms with Gasteiger partial charge in [-0.25, -0.2) is 13.2 Å². The lowest BCUT2D eigenvalue weighted by Gasteiger charge is -2.08. The molecule has 0 aliphatic heterocycles. The van der Waals surface area contributed by atoms with E-state index in [4.69, 9.17) is 11.6 Å². The number of hydrogen-bond donors (Lipinski definition) is 2. The minimum Gasteiger partial charge on any atom is -0.376 e. The van der Waals surface area contributed by atoms with Gasteiger partial charge in [-0.05, 0) is 17.7 Å². The fourth-order valence-electron chi connectivity index (χ4n) is 2.20. The first-order valence-corrected chi connectivity index (χ1v) is 6.56. The van der Waals surface area contributed by atoms with Crippen LogP contribution in [0.5, 0.6) is 0 Å². The van der Waals surface area contributed by atoms with Gasteiger partial charge < -0.3 is 10.3 Å². The van der Waals surface area contributed by atoms with E-state index < -0.39 is 17.5 Å². The first-order chi connectivity index (χ1) is 10.0. The van der Waals surface area contributed by atoms with E-state index in [1.807, 2.05) is 6.07 Å². The molecule has 108 valence electrons. The summed E-state index contributed by atoms with van der Waals surface area (Å²) in [5.41, 5.74) is 1.31. The number of halogens is 4. The monoisotopic (exact) mass is 310 g/mol. The minimum atomic E-state index is -0.963. The summed E-state index contributed by atoms with van der Waals surface area (Å²) in [6.07, 6.45) is 1.73. The molecule has 2 nitrogen and oxygen atoms in total. The molecule has 0 unspecified atom stereocenters. The third kappa shape index (κ3) is 2.69. The topological polar surface area (TPSA) is 27.8 Å². The van der Waals surface area contributed by atoms with Gasteiger partial charge >= 0.3 is 0 Å². The number of rotatable bonds is 3. The Balaban J connectivity index is 1.87. The van der Waals surface area contributed by atoms with Crippen molar-refractivity contribution in [3.05, 3.63) is 64.6 Å². The number of anilines is 1. The first-order valence-electron chi connectivity index (χ1n) is 6.18. The van der Waals surface area contributed by atoms with Crippen molar-refractivity contribution < 1.29 is 13.2 Å². The highest BCUT2D eigenvalue weighted by atomic mass is 35.5. The molecule has 0 saturated carbocycles. The van der Waals surface area contributed by atoms with Gasteiger partial charge in [-0.15, -0.1) is 0 Å². The van der Waals surface area contributed by atoms with Gasteiger partial charge in [-0.2, -0.15) is 0 Å². The zero-order valence-electron chi connectivity index (χ0n) is 10.7. The molecule has 0 atom stereocenters. The highest BCUT2D eigenvalue weighted by Gasteiger charge is 2.12. The maximum atomic E-state index is 13.5. The molecule has 3 rings (SSSR count). The van der Waals surface area contributed by atoms with Crippen molar-refractivity contribution in [3.8, 4) is 0 Å². The van der Waals surface area contributed by atoms with Crippen LogP contribution in [0.4, 0.5) is 18.9 Å². The largest absolute Gasteiger partial charge is 0.376 e. The molecule has 1 heterocycles. The Bertz CT molecular complexity index is 791. The first kappa shape index (κ1) is 13.8. The van der Waals surface area contributed by atoms with Crippen LogP contribution < -0.4 is 5.32 Å². The third-order valence-corrected chi connectivity index (χ3v) is 3.43. The molecular formula is C15H10ClF3N2. The van der Waals surface area contributed by atoms with E-state index >= 15 is 0 Å². The predicted molar refractivity (Wildman–Crippen MR) is 77.0 cm³/mol. The average Bonchev–Trinajstić information content (AvgIpc) is 2.79. The summed E-state index contributed by atoms with van der Waals surface area (Å²) in [4.78, 5) is 3.03. The molecule has 21 heavy (non-hydrogen) atoms. The lowest BCUT2D eigenvalue weighted by Crippen LogP contribution is -2.04. The van der Waals surface area contributed by atoms with Gasteiger partial charge in [0.2, 0.25) is 0 Å². The van der Waals surface area contributed by atoms with Gasteiger partial charge in [0, 0.05) is 40.8 Å². The van der Waals surface area contributed by atoms with Crippen molar-refractivity contribution >= 4 is 28.2 Å². The number of benzene rings is 2. The zero-order chi connectivity index (χ0) is 15.0. The van der Waals surface area contributed by atoms with Crippen molar-refractivity contribution in [2.45, 2.75) is 6.54 Å². The number of H-pyrrole nitrogens is 1. The molecule has 0 bridgehead atoms. The molecule has 0 fully saturated rings. The third-order valence-electron chi connectivity index (χ3n) is 3.19. The van der Waals surface area contributed by atoms with Gasteiger partial charge in [-0.1, -0.05) is 17.7 Å². The van der Waals surface area contributed by atoms with E-state index in [0.29, 0.717) is 17.2 Å². The Morgan fingerprint density at radius 1 is 1.05 bits per heavy atom. The molecule has 0 spiro atoms. The molecule has 0 aliphatic rings. The smallest absolute Gasteiger partial charge is 0.152 e. The van der Waals surface area contributed by atoms with E-state index in [2.05, 4.69) is 10.3 Å². The minimum absolute atomic E-state index is 0.196. The Labute approximate surface area is 123 Å². The summed E-state index contributed by atoms with van der Waals surface area (Å²) in [5, 5.41) is 4.14. The van der Waals surface area contributed by atoms with Crippen molar-refractivity contribution in [2.75, 3.05) is 5.32 Å². The molecule has 6 heteroatoms. The highest BCUT2D eigenvalue weighted by Crippen LogP contribution is 2.25. The van der Waals surface area contributed by atoms with Crippen LogP contribution in [0.2, 0.25) is 5.02 Å². The fraction of sp³-hybridized carbons (Fsp3) is 0.0667. The van der Waals surface area contributed by atoms with Crippen molar-refractivity contribution in [2.24, 2.45) is 0 Å². The number of fused-ring (bicyclic) bond motifs is 1. The van der Waals surface area contributed by atoms with Crippen LogP contribution in [0, 0.1) is 17.5 Å². The number of nitrogens with one attached hydrogen (secondary N) is 2. The van der Waals surface area contributed by atoms with Gasteiger partial charge in [0.05, 0.1) is 0 Å². The normalized spacial score (nSPS) is 11.0. The van der Waals surface area contributed by atoms with Crippen LogP contribution in [0.1, 0.15) is 5.56 Å². The maximum Gasteiger partial charge on any atom is 0.152 e. The Morgan fingerprint density at radius 2 is 1.76 bits per heavy atom. The van der Waals surface area contributed by atoms with E-state index in [1.54, 1.807) is 18.3 Å². The van der Waals surface area contributed by atoms with Crippen LogP contribution in [0.15, 0.2) is 36.5 Å². The standard InChI is InChI=1S/C15H10ClF3N2/c16-9-1-2-11-8(6-20-14(11)3-9)7-21-15-12(18)4-10(17)5-13(15)19/h1-6,20-21H,7H2. The summed E-state index contributed by atoms with van der Waals surface area (Å²) >= 11 is 5.89. The summed E-state index contributed by atoms with van der Waals surface area (Å²) < 4.78 is 39.9. The Hall–Kier alpha value is -2.14. The lowest BCUT2D eigenvalue weighted by atomic mass is 10.1. The molecule has 2 aromatic carbocycles. The molecule has 0 saturated heterocycles. The van der Waals surface area contributed by atoms with Gasteiger partial charge in [0.25, 0.3) is 0 Å². The molecule has 2 N–H and O–H groups in total. The van der Waals surface area contributed by atoms with Crippen molar-refractivity contribution in [1.29, 1.82) is 0 Å². The quantitative estimate of drug-likeness (QED) is 0.711. The van der Waals surface area contributed by atoms with E-state index in [0.717, 1.165) is 16.5 Å². The van der Waals surface area contributed by atoms with Gasteiger partial charge in [0.15, 0.2) is 11.6 Å². The van der Waals surface area contributed by atoms with E-state index in [-0.39, 0.29) is 12.2 Å². The molecule has 0 amide bonds. The number of aromatic amines is 1. The van der Waals surface area contributed by atoms with Crippen LogP contribution in [0.25, 0.3) is 10.9 Å². The second-order valence-corrected chi connectivity index (χ2v) is 5.04. The number of aromatic nitrogens is 1. The van der Waals surface area contributed by atoms with Gasteiger partial charge in [-0.3, -0.25) is 0 Å². The molecule has 1 aromatic heterocycles. The average molecular weight is 311 g/mol. The molecule has 0 radical (unpaired) electrons. The second-order valence-electron chi connectivity index (χ2n) is 4.60. The fourth-order valence-corrected chi connectivity index (χ4v) is 2.37. The Morgan fingerprint density at radius 3 is 2.48 bits per heavy atom. The second kappa shape index (κ2) is 5.33. The summed E-state index contributed by atoms with van der Waals surface area (Å²) in [6.45, 7) is 0.196. The highest BCUT2D eigenvalue weighted by molar-refractivity contribution is 6.31. The number of hydrogen-bond acceptors (Lipinski definition) is 1. The van der Waals surface area contributed by atoms with Crippen LogP contribution in [-0.4, -0.2) is 4.98 Å². The van der Waals surface area contributed by atoms with Crippen LogP contribution in [0.3, 0.4) is 0 Å².